The summed E-state index contributed by atoms with van der Waals surface area (Å²) in [5, 5.41) is 23.7. The number of para-hydroxylation sites is 2. The molecule has 35 heavy (non-hydrogen) atoms. The highest BCUT2D eigenvalue weighted by molar-refractivity contribution is 7.92. The Kier molecular flexibility index (Phi) is 5.17. The molecule has 3 aromatic carbocycles. The van der Waals surface area contributed by atoms with Gasteiger partial charge in [0, 0.05) is 0 Å². The molecule has 0 radical (unpaired) electrons. The number of nitrogens with zero attached hydrogens (tertiary/aromatic N) is 4. The van der Waals surface area contributed by atoms with E-state index in [1.165, 1.54) is 29.1 Å². The Labute approximate surface area is 200 Å². The number of hydrogen-bond acceptors (Lipinski definition) is 8. The van der Waals surface area contributed by atoms with Gasteiger partial charge in [-0.05, 0) is 66.9 Å². The van der Waals surface area contributed by atoms with Crippen LogP contribution in [0, 0.1) is 13.8 Å². The lowest BCUT2D eigenvalue weighted by atomic mass is 10.2. The minimum atomic E-state index is -4.09. The molecule has 0 spiro atoms. The molecule has 0 fully saturated rings. The Morgan fingerprint density at radius 2 is 1.66 bits per heavy atom. The largest absolute Gasteiger partial charge is 0.504 e. The van der Waals surface area contributed by atoms with E-state index in [9.17, 15) is 18.6 Å². The zero-order valence-corrected chi connectivity index (χ0v) is 19.7. The summed E-state index contributed by atoms with van der Waals surface area (Å²) in [7, 11) is -4.09. The van der Waals surface area contributed by atoms with Gasteiger partial charge in [0.25, 0.3) is 0 Å². The first kappa shape index (κ1) is 22.4. The number of nitrogens with two attached hydrogens (primary N) is 1. The molecule has 0 amide bonds. The van der Waals surface area contributed by atoms with Crippen molar-refractivity contribution in [2.75, 3.05) is 5.73 Å². The first-order valence-corrected chi connectivity index (χ1v) is 12.1. The Balaban J connectivity index is 1.80. The van der Waals surface area contributed by atoms with Gasteiger partial charge in [-0.15, -0.1) is 0 Å². The van der Waals surface area contributed by atoms with Crippen LogP contribution < -0.4 is 5.73 Å². The fourth-order valence-electron chi connectivity index (χ4n) is 3.86. The van der Waals surface area contributed by atoms with Crippen molar-refractivity contribution in [3.8, 4) is 11.5 Å². The molecule has 2 heterocycles. The molecule has 0 atom stereocenters. The zero-order chi connectivity index (χ0) is 24.9. The molecule has 0 bridgehead atoms. The van der Waals surface area contributed by atoms with Crippen LogP contribution in [-0.2, 0) is 9.84 Å². The predicted octanol–water partition coefficient (Wildman–Crippen LogP) is 3.91. The molecule has 5 aromatic rings. The highest BCUT2D eigenvalue weighted by Crippen LogP contribution is 2.36. The summed E-state index contributed by atoms with van der Waals surface area (Å²) < 4.78 is 29.0. The monoisotopic (exact) mass is 487 g/mol. The number of benzene rings is 3. The summed E-state index contributed by atoms with van der Waals surface area (Å²) >= 11 is 0. The number of fused-ring (bicyclic) bond motifs is 2. The highest BCUT2D eigenvalue weighted by Gasteiger charge is 2.31. The van der Waals surface area contributed by atoms with Crippen molar-refractivity contribution >= 4 is 44.1 Å². The normalized spacial score (nSPS) is 12.2. The number of phenolic OH excluding ortho intramolecular Hbond substituents is 2. The van der Waals surface area contributed by atoms with Crippen molar-refractivity contribution < 1.29 is 18.6 Å². The van der Waals surface area contributed by atoms with Crippen LogP contribution in [0.4, 0.5) is 5.82 Å². The fraction of sp³-hybridized carbons (Fsp3) is 0.0800. The number of rotatable bonds is 4. The molecule has 0 saturated heterocycles. The number of aromatic hydroxyl groups is 2. The van der Waals surface area contributed by atoms with E-state index in [1.54, 1.807) is 43.3 Å². The molecular weight excluding hydrogens is 466 g/mol. The molecule has 10 heteroatoms. The molecule has 0 aliphatic heterocycles. The van der Waals surface area contributed by atoms with E-state index >= 15 is 0 Å². The fourth-order valence-corrected chi connectivity index (χ4v) is 5.66. The average Bonchev–Trinajstić information content (AvgIpc) is 3.10. The average molecular weight is 488 g/mol. The van der Waals surface area contributed by atoms with Crippen LogP contribution in [0.3, 0.4) is 0 Å². The molecular formula is C25H21N5O4S. The topological polar surface area (TPSA) is 144 Å². The Hall–Kier alpha value is -4.44. The van der Waals surface area contributed by atoms with Gasteiger partial charge in [0.15, 0.2) is 17.1 Å². The third kappa shape index (κ3) is 3.73. The maximum absolute atomic E-state index is 13.9. The summed E-state index contributed by atoms with van der Waals surface area (Å²) in [4.78, 5) is 9.15. The van der Waals surface area contributed by atoms with Gasteiger partial charge in [-0.3, -0.25) is 0 Å². The molecule has 0 saturated carbocycles. The standard InChI is InChI=1S/C25H21N5O4S/c1-14-7-8-15(2)21(11-14)35(33,34)23-22-25(29-18-6-4-3-5-17(18)28-22)30(24(23)26)27-13-16-9-10-19(31)20(32)12-16/h3-13,31-32H,26H2,1-2H3. The molecule has 5 rings (SSSR count). The van der Waals surface area contributed by atoms with E-state index in [0.717, 1.165) is 5.56 Å². The van der Waals surface area contributed by atoms with Crippen molar-refractivity contribution in [2.24, 2.45) is 5.10 Å². The summed E-state index contributed by atoms with van der Waals surface area (Å²) in [5.74, 6) is -0.731. The van der Waals surface area contributed by atoms with E-state index in [-0.39, 0.29) is 38.3 Å². The van der Waals surface area contributed by atoms with Crippen LogP contribution >= 0.6 is 0 Å². The number of sulfone groups is 1. The van der Waals surface area contributed by atoms with Gasteiger partial charge in [-0.25, -0.2) is 18.4 Å². The number of hydrogen-bond donors (Lipinski definition) is 3. The lowest BCUT2D eigenvalue weighted by Gasteiger charge is -2.09. The van der Waals surface area contributed by atoms with Crippen molar-refractivity contribution in [3.05, 3.63) is 77.4 Å². The third-order valence-electron chi connectivity index (χ3n) is 5.65. The number of phenols is 2. The highest BCUT2D eigenvalue weighted by atomic mass is 32.2. The van der Waals surface area contributed by atoms with Crippen molar-refractivity contribution in [1.29, 1.82) is 0 Å². The number of anilines is 1. The van der Waals surface area contributed by atoms with Gasteiger partial charge in [-0.1, -0.05) is 24.3 Å². The second-order valence-electron chi connectivity index (χ2n) is 8.18. The van der Waals surface area contributed by atoms with Gasteiger partial charge in [-0.2, -0.15) is 9.78 Å². The molecule has 0 aliphatic carbocycles. The molecule has 9 nitrogen and oxygen atoms in total. The Morgan fingerprint density at radius 1 is 0.943 bits per heavy atom. The van der Waals surface area contributed by atoms with Crippen LogP contribution in [0.1, 0.15) is 16.7 Å². The van der Waals surface area contributed by atoms with Gasteiger partial charge < -0.3 is 15.9 Å². The smallest absolute Gasteiger partial charge is 0.212 e. The minimum Gasteiger partial charge on any atom is -0.504 e. The maximum atomic E-state index is 13.9. The summed E-state index contributed by atoms with van der Waals surface area (Å²) in [6.07, 6.45) is 1.38. The van der Waals surface area contributed by atoms with Crippen LogP contribution in [0.25, 0.3) is 22.2 Å². The van der Waals surface area contributed by atoms with E-state index in [2.05, 4.69) is 15.1 Å². The van der Waals surface area contributed by atoms with E-state index in [4.69, 9.17) is 5.73 Å². The van der Waals surface area contributed by atoms with Crippen LogP contribution in [0.15, 0.2) is 75.6 Å². The SMILES string of the molecule is Cc1ccc(C)c(S(=O)(=O)c2c(N)n(N=Cc3ccc(O)c(O)c3)c3nc4ccccc4nc23)c1. The van der Waals surface area contributed by atoms with Crippen molar-refractivity contribution in [2.45, 2.75) is 23.6 Å². The first-order chi connectivity index (χ1) is 16.7. The number of aromatic nitrogens is 3. The molecule has 4 N–H and O–H groups in total. The van der Waals surface area contributed by atoms with Crippen LogP contribution in [-0.4, -0.2) is 39.5 Å². The Bertz CT molecular complexity index is 1770. The van der Waals surface area contributed by atoms with Gasteiger partial charge in [0.2, 0.25) is 9.84 Å². The Morgan fingerprint density at radius 3 is 2.37 bits per heavy atom. The molecule has 0 unspecified atom stereocenters. The molecule has 0 aliphatic rings. The third-order valence-corrected chi connectivity index (χ3v) is 7.61. The molecule has 176 valence electrons. The second kappa shape index (κ2) is 8.10. The zero-order valence-electron chi connectivity index (χ0n) is 18.8. The lowest BCUT2D eigenvalue weighted by molar-refractivity contribution is 0.403. The van der Waals surface area contributed by atoms with E-state index in [1.807, 2.05) is 13.0 Å². The molecule has 2 aromatic heterocycles. The van der Waals surface area contributed by atoms with E-state index in [0.29, 0.717) is 22.2 Å². The maximum Gasteiger partial charge on any atom is 0.212 e. The van der Waals surface area contributed by atoms with Crippen LogP contribution in [0.5, 0.6) is 11.5 Å². The summed E-state index contributed by atoms with van der Waals surface area (Å²) in [6, 6.07) is 16.4. The number of aryl methyl sites for hydroxylation is 2. The van der Waals surface area contributed by atoms with Crippen molar-refractivity contribution in [3.63, 3.8) is 0 Å². The van der Waals surface area contributed by atoms with Crippen molar-refractivity contribution in [1.82, 2.24) is 14.6 Å². The quantitative estimate of drug-likeness (QED) is 0.257. The van der Waals surface area contributed by atoms with Gasteiger partial charge in [0.1, 0.15) is 16.2 Å². The summed E-state index contributed by atoms with van der Waals surface area (Å²) in [5.41, 5.74) is 9.57. The van der Waals surface area contributed by atoms with Crippen LogP contribution in [0.2, 0.25) is 0 Å². The lowest BCUT2D eigenvalue weighted by Crippen LogP contribution is -2.08. The predicted molar refractivity (Wildman–Crippen MR) is 134 cm³/mol. The van der Waals surface area contributed by atoms with E-state index < -0.39 is 9.84 Å². The minimum absolute atomic E-state index is 0.104. The van der Waals surface area contributed by atoms with Gasteiger partial charge >= 0.3 is 0 Å². The second-order valence-corrected chi connectivity index (χ2v) is 10.0. The number of nitrogen functional groups attached to an aromatic ring is 1. The summed E-state index contributed by atoms with van der Waals surface area (Å²) in [6.45, 7) is 3.54. The first-order valence-electron chi connectivity index (χ1n) is 10.6. The van der Waals surface area contributed by atoms with Gasteiger partial charge in [0.05, 0.1) is 22.1 Å².